The zero-order chi connectivity index (χ0) is 11.9. The average molecular weight is 217 g/mol. The van der Waals surface area contributed by atoms with Gasteiger partial charge in [0, 0.05) is 11.6 Å². The van der Waals surface area contributed by atoms with E-state index in [4.69, 9.17) is 0 Å². The largest absolute Gasteiger partial charge is 0.325 e. The predicted molar refractivity (Wildman–Crippen MR) is 66.6 cm³/mol. The summed E-state index contributed by atoms with van der Waals surface area (Å²) < 4.78 is 0. The highest BCUT2D eigenvalue weighted by molar-refractivity contribution is 5.96. The summed E-state index contributed by atoms with van der Waals surface area (Å²) in [7, 11) is 0. The third-order valence-corrected chi connectivity index (χ3v) is 3.65. The number of carbonyl (C=O) groups excluding carboxylic acids is 1. The molecule has 0 bridgehead atoms. The van der Waals surface area contributed by atoms with Gasteiger partial charge in [-0.15, -0.1) is 0 Å². The second-order valence-corrected chi connectivity index (χ2v) is 5.09. The van der Waals surface area contributed by atoms with Gasteiger partial charge in [-0.05, 0) is 42.9 Å². The summed E-state index contributed by atoms with van der Waals surface area (Å²) in [5, 5.41) is 3.06. The molecule has 1 aliphatic heterocycles. The van der Waals surface area contributed by atoms with Crippen molar-refractivity contribution < 1.29 is 4.79 Å². The molecule has 1 heterocycles. The number of rotatable bonds is 1. The summed E-state index contributed by atoms with van der Waals surface area (Å²) >= 11 is 0. The van der Waals surface area contributed by atoms with Crippen LogP contribution < -0.4 is 5.32 Å². The van der Waals surface area contributed by atoms with Crippen LogP contribution in [0.1, 0.15) is 30.5 Å². The summed E-state index contributed by atoms with van der Waals surface area (Å²) in [6.45, 7) is 8.37. The van der Waals surface area contributed by atoms with Crippen molar-refractivity contribution >= 4 is 11.6 Å². The molecule has 2 heteroatoms. The van der Waals surface area contributed by atoms with Crippen molar-refractivity contribution in [1.82, 2.24) is 0 Å². The number of fused-ring (bicyclic) bond motifs is 1. The zero-order valence-corrected chi connectivity index (χ0v) is 10.4. The van der Waals surface area contributed by atoms with Gasteiger partial charge in [-0.2, -0.15) is 0 Å². The molecule has 0 aromatic heterocycles. The molecule has 1 aliphatic rings. The molecule has 0 aliphatic carbocycles. The first-order valence-corrected chi connectivity index (χ1v) is 5.90. The van der Waals surface area contributed by atoms with Crippen LogP contribution in [0, 0.1) is 25.7 Å². The Morgan fingerprint density at radius 2 is 2.00 bits per heavy atom. The maximum absolute atomic E-state index is 12.0. The standard InChI is InChI=1S/C14H19NO/c1-8(2)12-7-11-6-5-9(3)10(4)13(11)15-14(12)16/h5-6,8,12H,7H2,1-4H3,(H,15,16). The Hall–Kier alpha value is -1.31. The van der Waals surface area contributed by atoms with Gasteiger partial charge >= 0.3 is 0 Å². The zero-order valence-electron chi connectivity index (χ0n) is 10.4. The van der Waals surface area contributed by atoms with Crippen LogP contribution in [0.25, 0.3) is 0 Å². The van der Waals surface area contributed by atoms with Crippen LogP contribution in [0.4, 0.5) is 5.69 Å². The SMILES string of the molecule is Cc1ccc2c(c1C)NC(=O)C(C(C)C)C2. The van der Waals surface area contributed by atoms with E-state index in [1.165, 1.54) is 16.7 Å². The maximum Gasteiger partial charge on any atom is 0.228 e. The molecule has 2 rings (SSSR count). The lowest BCUT2D eigenvalue weighted by Gasteiger charge is -2.28. The monoisotopic (exact) mass is 217 g/mol. The lowest BCUT2D eigenvalue weighted by molar-refractivity contribution is -0.121. The van der Waals surface area contributed by atoms with E-state index in [9.17, 15) is 4.79 Å². The van der Waals surface area contributed by atoms with E-state index < -0.39 is 0 Å². The summed E-state index contributed by atoms with van der Waals surface area (Å²) in [5.74, 6) is 0.695. The molecule has 1 N–H and O–H groups in total. The molecule has 1 atom stereocenters. The first kappa shape index (κ1) is 11.2. The second-order valence-electron chi connectivity index (χ2n) is 5.09. The van der Waals surface area contributed by atoms with Crippen LogP contribution in [-0.2, 0) is 11.2 Å². The van der Waals surface area contributed by atoms with Crippen LogP contribution in [-0.4, -0.2) is 5.91 Å². The smallest absolute Gasteiger partial charge is 0.228 e. The van der Waals surface area contributed by atoms with E-state index >= 15 is 0 Å². The molecule has 1 aromatic rings. The van der Waals surface area contributed by atoms with Gasteiger partial charge in [0.1, 0.15) is 0 Å². The predicted octanol–water partition coefficient (Wildman–Crippen LogP) is 3.07. The molecule has 1 amide bonds. The normalized spacial score (nSPS) is 19.6. The topological polar surface area (TPSA) is 29.1 Å². The Kier molecular flexibility index (Phi) is 2.75. The number of amides is 1. The van der Waals surface area contributed by atoms with E-state index in [1.807, 2.05) is 0 Å². The number of benzene rings is 1. The first-order chi connectivity index (χ1) is 7.50. The van der Waals surface area contributed by atoms with Gasteiger partial charge in [-0.25, -0.2) is 0 Å². The van der Waals surface area contributed by atoms with E-state index in [1.54, 1.807) is 0 Å². The van der Waals surface area contributed by atoms with E-state index in [0.717, 1.165) is 12.1 Å². The highest BCUT2D eigenvalue weighted by atomic mass is 16.1. The summed E-state index contributed by atoms with van der Waals surface area (Å²) in [6.07, 6.45) is 0.875. The molecule has 2 nitrogen and oxygen atoms in total. The van der Waals surface area contributed by atoms with Crippen LogP contribution in [0.15, 0.2) is 12.1 Å². The van der Waals surface area contributed by atoms with Gasteiger partial charge in [0.2, 0.25) is 5.91 Å². The van der Waals surface area contributed by atoms with Crippen molar-refractivity contribution in [3.63, 3.8) is 0 Å². The molecule has 0 spiro atoms. The molecular weight excluding hydrogens is 198 g/mol. The van der Waals surface area contributed by atoms with E-state index in [0.29, 0.717) is 5.92 Å². The molecule has 0 radical (unpaired) electrons. The van der Waals surface area contributed by atoms with Crippen molar-refractivity contribution in [2.75, 3.05) is 5.32 Å². The Morgan fingerprint density at radius 1 is 1.31 bits per heavy atom. The Labute approximate surface area is 97.1 Å². The second kappa shape index (κ2) is 3.93. The van der Waals surface area contributed by atoms with Gasteiger partial charge in [0.05, 0.1) is 0 Å². The Morgan fingerprint density at radius 3 is 2.62 bits per heavy atom. The van der Waals surface area contributed by atoms with Crippen LogP contribution in [0.2, 0.25) is 0 Å². The molecule has 16 heavy (non-hydrogen) atoms. The Bertz CT molecular complexity index is 435. The highest BCUT2D eigenvalue weighted by Crippen LogP contribution is 2.32. The number of anilines is 1. The Balaban J connectivity index is 2.42. The molecule has 0 saturated heterocycles. The van der Waals surface area contributed by atoms with Crippen LogP contribution >= 0.6 is 0 Å². The first-order valence-electron chi connectivity index (χ1n) is 5.90. The van der Waals surface area contributed by atoms with Crippen molar-refractivity contribution in [2.24, 2.45) is 11.8 Å². The van der Waals surface area contributed by atoms with Crippen molar-refractivity contribution in [3.8, 4) is 0 Å². The van der Waals surface area contributed by atoms with Crippen molar-refractivity contribution in [1.29, 1.82) is 0 Å². The van der Waals surface area contributed by atoms with Crippen LogP contribution in [0.3, 0.4) is 0 Å². The fourth-order valence-corrected chi connectivity index (χ4v) is 2.30. The molecule has 86 valence electrons. The fourth-order valence-electron chi connectivity index (χ4n) is 2.30. The molecule has 1 unspecified atom stereocenters. The number of nitrogens with one attached hydrogen (secondary N) is 1. The van der Waals surface area contributed by atoms with E-state index in [-0.39, 0.29) is 11.8 Å². The third-order valence-electron chi connectivity index (χ3n) is 3.65. The fraction of sp³-hybridized carbons (Fsp3) is 0.500. The van der Waals surface area contributed by atoms with Gasteiger partial charge in [-0.1, -0.05) is 26.0 Å². The van der Waals surface area contributed by atoms with Gasteiger partial charge < -0.3 is 5.32 Å². The minimum absolute atomic E-state index is 0.120. The minimum atomic E-state index is 0.120. The van der Waals surface area contributed by atoms with Gasteiger partial charge in [0.25, 0.3) is 0 Å². The van der Waals surface area contributed by atoms with Gasteiger partial charge in [0.15, 0.2) is 0 Å². The summed E-state index contributed by atoms with van der Waals surface area (Å²) in [4.78, 5) is 12.0. The van der Waals surface area contributed by atoms with Gasteiger partial charge in [-0.3, -0.25) is 4.79 Å². The lowest BCUT2D eigenvalue weighted by atomic mass is 9.84. The molecular formula is C14H19NO. The van der Waals surface area contributed by atoms with E-state index in [2.05, 4.69) is 45.1 Å². The quantitative estimate of drug-likeness (QED) is 0.769. The molecule has 0 saturated carbocycles. The number of hydrogen-bond donors (Lipinski definition) is 1. The minimum Gasteiger partial charge on any atom is -0.325 e. The summed E-state index contributed by atoms with van der Waals surface area (Å²) in [5.41, 5.74) is 4.76. The third kappa shape index (κ3) is 1.73. The summed E-state index contributed by atoms with van der Waals surface area (Å²) in [6, 6.07) is 4.29. The van der Waals surface area contributed by atoms with Crippen molar-refractivity contribution in [3.05, 3.63) is 28.8 Å². The number of carbonyl (C=O) groups is 1. The number of aryl methyl sites for hydroxylation is 1. The van der Waals surface area contributed by atoms with Crippen LogP contribution in [0.5, 0.6) is 0 Å². The number of hydrogen-bond acceptors (Lipinski definition) is 1. The highest BCUT2D eigenvalue weighted by Gasteiger charge is 2.29. The molecule has 0 fully saturated rings. The average Bonchev–Trinajstić information content (AvgIpc) is 2.23. The molecule has 1 aromatic carbocycles. The van der Waals surface area contributed by atoms with Crippen molar-refractivity contribution in [2.45, 2.75) is 34.1 Å². The maximum atomic E-state index is 12.0. The lowest BCUT2D eigenvalue weighted by Crippen LogP contribution is -2.33.